The average Bonchev–Trinajstić information content (AvgIpc) is 2.33. The molecule has 0 heterocycles. The Kier molecular flexibility index (Phi) is 6.65. The Labute approximate surface area is 117 Å². The van der Waals surface area contributed by atoms with Gasteiger partial charge in [-0.05, 0) is 37.6 Å². The summed E-state index contributed by atoms with van der Waals surface area (Å²) in [6.45, 7) is 4.46. The van der Waals surface area contributed by atoms with Gasteiger partial charge in [0, 0.05) is 29.7 Å². The minimum atomic E-state index is -0.838. The molecule has 0 amide bonds. The minimum absolute atomic E-state index is 0.143. The lowest BCUT2D eigenvalue weighted by molar-refractivity contribution is -0.167. The maximum Gasteiger partial charge on any atom is 0.218 e. The third-order valence-corrected chi connectivity index (χ3v) is 2.88. The van der Waals surface area contributed by atoms with E-state index in [9.17, 15) is 4.79 Å². The molecule has 0 bridgehead atoms. The molecule has 0 spiro atoms. The van der Waals surface area contributed by atoms with E-state index in [2.05, 4.69) is 0 Å². The Balaban J connectivity index is 2.75. The fraction of sp³-hybridized carbons (Fsp3) is 0.462. The number of halogens is 2. The number of ketones is 1. The van der Waals surface area contributed by atoms with Crippen LogP contribution < -0.4 is 0 Å². The normalized spacial score (nSPS) is 10.9. The van der Waals surface area contributed by atoms with Crippen molar-refractivity contribution in [2.75, 3.05) is 13.2 Å². The maximum absolute atomic E-state index is 12.0. The highest BCUT2D eigenvalue weighted by Gasteiger charge is 2.20. The molecule has 5 heteroatoms. The molecule has 100 valence electrons. The SMILES string of the molecule is CCOC(OCC)C(=O)Cc1cc(Cl)ccc1Cl. The van der Waals surface area contributed by atoms with Gasteiger partial charge in [-0.2, -0.15) is 0 Å². The first kappa shape index (κ1) is 15.4. The Morgan fingerprint density at radius 3 is 2.39 bits per heavy atom. The molecule has 0 aliphatic rings. The summed E-state index contributed by atoms with van der Waals surface area (Å²) in [6.07, 6.45) is -0.695. The van der Waals surface area contributed by atoms with Crippen LogP contribution in [0.25, 0.3) is 0 Å². The van der Waals surface area contributed by atoms with E-state index in [1.54, 1.807) is 18.2 Å². The average molecular weight is 291 g/mol. The van der Waals surface area contributed by atoms with Crippen molar-refractivity contribution in [3.8, 4) is 0 Å². The lowest BCUT2D eigenvalue weighted by Gasteiger charge is -2.15. The standard InChI is InChI=1S/C13H16Cl2O3/c1-3-17-13(18-4-2)12(16)8-9-7-10(14)5-6-11(9)15/h5-7,13H,3-4,8H2,1-2H3. The van der Waals surface area contributed by atoms with E-state index >= 15 is 0 Å². The fourth-order valence-corrected chi connectivity index (χ4v) is 1.87. The topological polar surface area (TPSA) is 35.5 Å². The van der Waals surface area contributed by atoms with E-state index in [1.807, 2.05) is 13.8 Å². The number of carbonyl (C=O) groups excluding carboxylic acids is 1. The number of Topliss-reactive ketones (excluding diaryl/α,β-unsaturated/α-hetero) is 1. The monoisotopic (exact) mass is 290 g/mol. The first-order chi connectivity index (χ1) is 8.58. The second kappa shape index (κ2) is 7.74. The summed E-state index contributed by atoms with van der Waals surface area (Å²) in [7, 11) is 0. The summed E-state index contributed by atoms with van der Waals surface area (Å²) >= 11 is 11.9. The van der Waals surface area contributed by atoms with E-state index in [0.717, 1.165) is 0 Å². The number of carbonyl (C=O) groups is 1. The summed E-state index contributed by atoms with van der Waals surface area (Å²) in [5, 5.41) is 1.06. The van der Waals surface area contributed by atoms with Crippen LogP contribution >= 0.6 is 23.2 Å². The van der Waals surface area contributed by atoms with E-state index < -0.39 is 6.29 Å². The maximum atomic E-state index is 12.0. The molecular formula is C13H16Cl2O3. The van der Waals surface area contributed by atoms with Crippen molar-refractivity contribution in [2.24, 2.45) is 0 Å². The van der Waals surface area contributed by atoms with Crippen molar-refractivity contribution in [1.82, 2.24) is 0 Å². The van der Waals surface area contributed by atoms with Crippen LogP contribution in [0, 0.1) is 0 Å². The molecule has 18 heavy (non-hydrogen) atoms. The summed E-state index contributed by atoms with van der Waals surface area (Å²) in [4.78, 5) is 12.0. The smallest absolute Gasteiger partial charge is 0.218 e. The van der Waals surface area contributed by atoms with Crippen molar-refractivity contribution in [3.05, 3.63) is 33.8 Å². The highest BCUT2D eigenvalue weighted by molar-refractivity contribution is 6.33. The fourth-order valence-electron chi connectivity index (χ4n) is 1.49. The summed E-state index contributed by atoms with van der Waals surface area (Å²) in [5.74, 6) is -0.164. The van der Waals surface area contributed by atoms with Gasteiger partial charge in [0.2, 0.25) is 6.29 Å². The summed E-state index contributed by atoms with van der Waals surface area (Å²) in [5.41, 5.74) is 0.679. The van der Waals surface area contributed by atoms with Crippen molar-refractivity contribution >= 4 is 29.0 Å². The molecule has 0 atom stereocenters. The van der Waals surface area contributed by atoms with Crippen LogP contribution in [0.5, 0.6) is 0 Å². The first-order valence-electron chi connectivity index (χ1n) is 5.78. The number of rotatable bonds is 7. The van der Waals surface area contributed by atoms with E-state index in [4.69, 9.17) is 32.7 Å². The van der Waals surface area contributed by atoms with Crippen LogP contribution in [0.1, 0.15) is 19.4 Å². The van der Waals surface area contributed by atoms with Gasteiger partial charge < -0.3 is 9.47 Å². The van der Waals surface area contributed by atoms with Gasteiger partial charge in [0.25, 0.3) is 0 Å². The Morgan fingerprint density at radius 1 is 1.22 bits per heavy atom. The quantitative estimate of drug-likeness (QED) is 0.721. The van der Waals surface area contributed by atoms with E-state index in [1.165, 1.54) is 0 Å². The van der Waals surface area contributed by atoms with Crippen LogP contribution in [-0.4, -0.2) is 25.3 Å². The number of ether oxygens (including phenoxy) is 2. The van der Waals surface area contributed by atoms with E-state index in [0.29, 0.717) is 28.8 Å². The second-order valence-corrected chi connectivity index (χ2v) is 4.47. The Bertz CT molecular complexity index is 401. The van der Waals surface area contributed by atoms with Crippen LogP contribution in [-0.2, 0) is 20.7 Å². The van der Waals surface area contributed by atoms with Crippen molar-refractivity contribution in [3.63, 3.8) is 0 Å². The largest absolute Gasteiger partial charge is 0.346 e. The van der Waals surface area contributed by atoms with Gasteiger partial charge in [0.1, 0.15) is 0 Å². The van der Waals surface area contributed by atoms with Crippen molar-refractivity contribution in [1.29, 1.82) is 0 Å². The number of hydrogen-bond donors (Lipinski definition) is 0. The molecule has 1 aromatic carbocycles. The molecule has 0 N–H and O–H groups in total. The molecule has 1 aromatic rings. The zero-order chi connectivity index (χ0) is 13.5. The highest BCUT2D eigenvalue weighted by Crippen LogP contribution is 2.21. The third kappa shape index (κ3) is 4.58. The molecule has 1 rings (SSSR count). The van der Waals surface area contributed by atoms with Crippen LogP contribution in [0.15, 0.2) is 18.2 Å². The van der Waals surface area contributed by atoms with Gasteiger partial charge in [-0.3, -0.25) is 4.79 Å². The van der Waals surface area contributed by atoms with E-state index in [-0.39, 0.29) is 12.2 Å². The second-order valence-electron chi connectivity index (χ2n) is 3.62. The van der Waals surface area contributed by atoms with Gasteiger partial charge in [-0.1, -0.05) is 23.2 Å². The Hall–Kier alpha value is -0.610. The lowest BCUT2D eigenvalue weighted by atomic mass is 10.1. The van der Waals surface area contributed by atoms with Crippen LogP contribution in [0.2, 0.25) is 10.0 Å². The predicted molar refractivity (Wildman–Crippen MR) is 72.2 cm³/mol. The van der Waals surface area contributed by atoms with Crippen LogP contribution in [0.3, 0.4) is 0 Å². The zero-order valence-corrected chi connectivity index (χ0v) is 11.9. The predicted octanol–water partition coefficient (Wildman–Crippen LogP) is 3.50. The number of benzene rings is 1. The number of hydrogen-bond acceptors (Lipinski definition) is 3. The molecule has 0 saturated heterocycles. The molecule has 0 aliphatic carbocycles. The van der Waals surface area contributed by atoms with Gasteiger partial charge in [-0.15, -0.1) is 0 Å². The molecule has 0 saturated carbocycles. The first-order valence-corrected chi connectivity index (χ1v) is 6.53. The van der Waals surface area contributed by atoms with Gasteiger partial charge in [-0.25, -0.2) is 0 Å². The van der Waals surface area contributed by atoms with Crippen molar-refractivity contribution < 1.29 is 14.3 Å². The molecule has 0 aliphatic heterocycles. The summed E-state index contributed by atoms with van der Waals surface area (Å²) < 4.78 is 10.5. The molecule has 3 nitrogen and oxygen atoms in total. The van der Waals surface area contributed by atoms with Crippen LogP contribution in [0.4, 0.5) is 0 Å². The third-order valence-electron chi connectivity index (χ3n) is 2.27. The van der Waals surface area contributed by atoms with Gasteiger partial charge in [0.15, 0.2) is 5.78 Å². The molecular weight excluding hydrogens is 275 g/mol. The molecule has 0 aromatic heterocycles. The minimum Gasteiger partial charge on any atom is -0.346 e. The molecule has 0 fully saturated rings. The van der Waals surface area contributed by atoms with Crippen molar-refractivity contribution in [2.45, 2.75) is 26.6 Å². The van der Waals surface area contributed by atoms with Gasteiger partial charge in [0.05, 0.1) is 0 Å². The highest BCUT2D eigenvalue weighted by atomic mass is 35.5. The Morgan fingerprint density at radius 2 is 1.83 bits per heavy atom. The lowest BCUT2D eigenvalue weighted by Crippen LogP contribution is -2.29. The zero-order valence-electron chi connectivity index (χ0n) is 10.4. The summed E-state index contributed by atoms with van der Waals surface area (Å²) in [6, 6.07) is 5.03. The molecule has 0 radical (unpaired) electrons. The molecule has 0 unspecified atom stereocenters. The van der Waals surface area contributed by atoms with Gasteiger partial charge >= 0.3 is 0 Å².